The molecule has 0 heterocycles. The van der Waals surface area contributed by atoms with Crippen LogP contribution < -0.4 is 4.74 Å². The maximum atomic E-state index is 10.9. The molecule has 0 aliphatic heterocycles. The third-order valence-corrected chi connectivity index (χ3v) is 3.70. The smallest absolute Gasteiger partial charge is 0.311 e. The Bertz CT molecular complexity index is 589. The van der Waals surface area contributed by atoms with E-state index in [-0.39, 0.29) is 37.0 Å². The van der Waals surface area contributed by atoms with Crippen LogP contribution in [-0.4, -0.2) is 38.9 Å². The second kappa shape index (κ2) is 8.16. The minimum Gasteiger partial charge on any atom is -0.484 e. The van der Waals surface area contributed by atoms with E-state index in [4.69, 9.17) is 20.2 Å². The summed E-state index contributed by atoms with van der Waals surface area (Å²) in [6.45, 7) is 2.04. The maximum Gasteiger partial charge on any atom is 0.311 e. The van der Waals surface area contributed by atoms with Crippen molar-refractivity contribution in [3.8, 4) is 5.75 Å². The molecule has 21 heavy (non-hydrogen) atoms. The van der Waals surface area contributed by atoms with Crippen molar-refractivity contribution < 1.29 is 22.8 Å². The second-order valence-electron chi connectivity index (χ2n) is 4.12. The molecule has 0 fully saturated rings. The monoisotopic (exact) mass is 337 g/mol. The molecule has 7 nitrogen and oxygen atoms in total. The Hall–Kier alpha value is -1.38. The first kappa shape index (κ1) is 17.7. The fraction of sp³-hybridized carbons (Fsp3) is 0.500. The number of hydrogen-bond donors (Lipinski definition) is 0. The Balaban J connectivity index is 2.46. The van der Waals surface area contributed by atoms with Gasteiger partial charge in [0.05, 0.1) is 23.9 Å². The molecule has 0 saturated carbocycles. The van der Waals surface area contributed by atoms with E-state index in [0.717, 1.165) is 5.56 Å². The summed E-state index contributed by atoms with van der Waals surface area (Å²) in [5.74, 6) is -0.134. The van der Waals surface area contributed by atoms with Crippen LogP contribution in [0.2, 0.25) is 0 Å². The van der Waals surface area contributed by atoms with E-state index in [1.165, 1.54) is 6.07 Å². The van der Waals surface area contributed by atoms with E-state index in [9.17, 15) is 18.5 Å². The molecule has 0 bridgehead atoms. The Morgan fingerprint density at radius 1 is 1.29 bits per heavy atom. The molecule has 0 N–H and O–H groups in total. The molecule has 0 saturated heterocycles. The van der Waals surface area contributed by atoms with Crippen molar-refractivity contribution in [2.45, 2.75) is 13.3 Å². The fourth-order valence-electron chi connectivity index (χ4n) is 1.52. The lowest BCUT2D eigenvalue weighted by Gasteiger charge is -2.08. The van der Waals surface area contributed by atoms with Gasteiger partial charge in [0.25, 0.3) is 0 Å². The molecule has 0 atom stereocenters. The van der Waals surface area contributed by atoms with Gasteiger partial charge >= 0.3 is 5.69 Å². The van der Waals surface area contributed by atoms with Gasteiger partial charge in [-0.1, -0.05) is 13.0 Å². The normalized spacial score (nSPS) is 11.3. The Labute approximate surface area is 127 Å². The molecule has 1 aromatic carbocycles. The van der Waals surface area contributed by atoms with E-state index in [0.29, 0.717) is 6.42 Å². The highest BCUT2D eigenvalue weighted by molar-refractivity contribution is 8.13. The molecule has 9 heteroatoms. The number of halogens is 1. The zero-order valence-electron chi connectivity index (χ0n) is 11.5. The number of rotatable bonds is 9. The summed E-state index contributed by atoms with van der Waals surface area (Å²) in [7, 11) is 1.44. The molecular formula is C12H16ClNO6S. The van der Waals surface area contributed by atoms with Crippen molar-refractivity contribution in [1.82, 2.24) is 0 Å². The Kier molecular flexibility index (Phi) is 6.86. The number of ether oxygens (including phenoxy) is 2. The fourth-order valence-corrected chi connectivity index (χ4v) is 2.02. The van der Waals surface area contributed by atoms with Crippen LogP contribution in [0.4, 0.5) is 5.69 Å². The van der Waals surface area contributed by atoms with Crippen molar-refractivity contribution >= 4 is 25.4 Å². The van der Waals surface area contributed by atoms with Crippen LogP contribution in [0, 0.1) is 10.1 Å². The van der Waals surface area contributed by atoms with Crippen molar-refractivity contribution in [3.05, 3.63) is 33.9 Å². The van der Waals surface area contributed by atoms with Gasteiger partial charge in [0, 0.05) is 16.7 Å². The van der Waals surface area contributed by atoms with Crippen LogP contribution in [-0.2, 0) is 20.2 Å². The van der Waals surface area contributed by atoms with Crippen LogP contribution in [0.15, 0.2) is 18.2 Å². The highest BCUT2D eigenvalue weighted by Crippen LogP contribution is 2.28. The molecule has 0 amide bonds. The lowest BCUT2D eigenvalue weighted by atomic mass is 10.1. The van der Waals surface area contributed by atoms with Gasteiger partial charge in [0.1, 0.15) is 6.61 Å². The largest absolute Gasteiger partial charge is 0.484 e. The van der Waals surface area contributed by atoms with Crippen molar-refractivity contribution in [1.29, 1.82) is 0 Å². The predicted molar refractivity (Wildman–Crippen MR) is 78.4 cm³/mol. The molecule has 0 unspecified atom stereocenters. The summed E-state index contributed by atoms with van der Waals surface area (Å²) in [6, 6.07) is 4.76. The SMILES string of the molecule is CCc1ccc(OCCOCCS(=O)(=O)Cl)c([N+](=O)[O-])c1. The number of aryl methyl sites for hydroxylation is 1. The Morgan fingerprint density at radius 3 is 2.57 bits per heavy atom. The highest BCUT2D eigenvalue weighted by atomic mass is 35.7. The third-order valence-electron chi connectivity index (χ3n) is 2.59. The zero-order valence-corrected chi connectivity index (χ0v) is 13.0. The van der Waals surface area contributed by atoms with Crippen LogP contribution >= 0.6 is 10.7 Å². The molecule has 1 rings (SSSR count). The first-order valence-electron chi connectivity index (χ1n) is 6.23. The summed E-state index contributed by atoms with van der Waals surface area (Å²) < 4.78 is 31.6. The quantitative estimate of drug-likeness (QED) is 0.296. The van der Waals surface area contributed by atoms with E-state index in [1.807, 2.05) is 6.92 Å². The van der Waals surface area contributed by atoms with E-state index < -0.39 is 14.0 Å². The lowest BCUT2D eigenvalue weighted by molar-refractivity contribution is -0.385. The highest BCUT2D eigenvalue weighted by Gasteiger charge is 2.15. The van der Waals surface area contributed by atoms with Crippen LogP contribution in [0.1, 0.15) is 12.5 Å². The standard InChI is InChI=1S/C12H16ClNO6S/c1-2-10-3-4-12(11(9-10)14(15)16)20-6-5-19-7-8-21(13,17)18/h3-4,9H,2,5-8H2,1H3. The summed E-state index contributed by atoms with van der Waals surface area (Å²) in [6.07, 6.45) is 0.692. The van der Waals surface area contributed by atoms with Gasteiger partial charge in [-0.15, -0.1) is 0 Å². The van der Waals surface area contributed by atoms with Gasteiger partial charge in [0.15, 0.2) is 5.75 Å². The average molecular weight is 338 g/mol. The molecule has 0 spiro atoms. The van der Waals surface area contributed by atoms with Gasteiger partial charge in [-0.25, -0.2) is 8.42 Å². The topological polar surface area (TPSA) is 95.7 Å². The summed E-state index contributed by atoms with van der Waals surface area (Å²) >= 11 is 0. The zero-order chi connectivity index (χ0) is 15.9. The van der Waals surface area contributed by atoms with Gasteiger partial charge in [-0.05, 0) is 18.1 Å². The number of benzene rings is 1. The lowest BCUT2D eigenvalue weighted by Crippen LogP contribution is -2.12. The predicted octanol–water partition coefficient (Wildman–Crippen LogP) is 2.12. The minimum absolute atomic E-state index is 0.0495. The maximum absolute atomic E-state index is 10.9. The summed E-state index contributed by atoms with van der Waals surface area (Å²) in [5, 5.41) is 10.9. The van der Waals surface area contributed by atoms with Gasteiger partial charge in [0.2, 0.25) is 9.05 Å². The van der Waals surface area contributed by atoms with E-state index in [2.05, 4.69) is 0 Å². The first-order valence-corrected chi connectivity index (χ1v) is 8.71. The van der Waals surface area contributed by atoms with Crippen LogP contribution in [0.25, 0.3) is 0 Å². The number of nitro benzene ring substituents is 1. The van der Waals surface area contributed by atoms with Crippen molar-refractivity contribution in [2.24, 2.45) is 0 Å². The van der Waals surface area contributed by atoms with E-state index >= 15 is 0 Å². The first-order chi connectivity index (χ1) is 9.83. The molecule has 0 aromatic heterocycles. The van der Waals surface area contributed by atoms with Crippen molar-refractivity contribution in [2.75, 3.05) is 25.6 Å². The van der Waals surface area contributed by atoms with Gasteiger partial charge in [-0.2, -0.15) is 0 Å². The van der Waals surface area contributed by atoms with Crippen LogP contribution in [0.5, 0.6) is 5.75 Å². The molecule has 0 aliphatic carbocycles. The second-order valence-corrected chi connectivity index (χ2v) is 7.01. The Morgan fingerprint density at radius 2 is 2.00 bits per heavy atom. The molecule has 0 aliphatic rings. The van der Waals surface area contributed by atoms with Crippen LogP contribution in [0.3, 0.4) is 0 Å². The van der Waals surface area contributed by atoms with Crippen molar-refractivity contribution in [3.63, 3.8) is 0 Å². The third kappa shape index (κ3) is 6.74. The minimum atomic E-state index is -3.57. The number of nitrogens with zero attached hydrogens (tertiary/aromatic N) is 1. The summed E-state index contributed by atoms with van der Waals surface area (Å²) in [5.41, 5.74) is 0.746. The molecular weight excluding hydrogens is 322 g/mol. The number of nitro groups is 1. The molecule has 0 radical (unpaired) electrons. The molecule has 1 aromatic rings. The average Bonchev–Trinajstić information content (AvgIpc) is 2.41. The number of hydrogen-bond acceptors (Lipinski definition) is 6. The van der Waals surface area contributed by atoms with E-state index in [1.54, 1.807) is 12.1 Å². The van der Waals surface area contributed by atoms with Gasteiger partial charge in [-0.3, -0.25) is 10.1 Å². The molecule has 118 valence electrons. The van der Waals surface area contributed by atoms with Gasteiger partial charge < -0.3 is 9.47 Å². The summed E-state index contributed by atoms with van der Waals surface area (Å²) in [4.78, 5) is 10.4.